The van der Waals surface area contributed by atoms with Gasteiger partial charge in [0.05, 0.1) is 19.6 Å². The highest BCUT2D eigenvalue weighted by atomic mass is 19.1. The minimum atomic E-state index is -0.280. The van der Waals surface area contributed by atoms with Gasteiger partial charge in [-0.05, 0) is 37.1 Å². The standard InChI is InChI=1S/C22H33FN2O3/c1-4-24(14-17(2)22(27)28-3)16-21(26)25(20-8-6-5-7-9-20)15-18-10-12-19(23)13-11-18/h10-13,17,20H,4-9,14-16H2,1-3H3. The maximum atomic E-state index is 13.2. The van der Waals surface area contributed by atoms with Gasteiger partial charge in [-0.3, -0.25) is 14.5 Å². The van der Waals surface area contributed by atoms with Crippen LogP contribution in [0.25, 0.3) is 0 Å². The van der Waals surface area contributed by atoms with Crippen molar-refractivity contribution in [1.29, 1.82) is 0 Å². The molecule has 0 bridgehead atoms. The van der Waals surface area contributed by atoms with E-state index in [1.807, 2.05) is 23.6 Å². The van der Waals surface area contributed by atoms with E-state index in [1.165, 1.54) is 25.7 Å². The van der Waals surface area contributed by atoms with E-state index in [9.17, 15) is 14.0 Å². The maximum absolute atomic E-state index is 13.2. The van der Waals surface area contributed by atoms with Gasteiger partial charge in [-0.1, -0.05) is 45.2 Å². The van der Waals surface area contributed by atoms with Crippen molar-refractivity contribution < 1.29 is 18.7 Å². The third-order valence-electron chi connectivity index (χ3n) is 5.54. The van der Waals surface area contributed by atoms with Crippen molar-refractivity contribution in [2.45, 2.75) is 58.5 Å². The molecule has 1 aliphatic carbocycles. The van der Waals surface area contributed by atoms with Crippen LogP contribution in [0.2, 0.25) is 0 Å². The van der Waals surface area contributed by atoms with Crippen LogP contribution in [0, 0.1) is 11.7 Å². The summed E-state index contributed by atoms with van der Waals surface area (Å²) in [5.74, 6) is -0.747. The number of benzene rings is 1. The minimum Gasteiger partial charge on any atom is -0.469 e. The highest BCUT2D eigenvalue weighted by Gasteiger charge is 2.27. The van der Waals surface area contributed by atoms with E-state index in [4.69, 9.17) is 4.74 Å². The molecule has 156 valence electrons. The summed E-state index contributed by atoms with van der Waals surface area (Å²) in [4.78, 5) is 28.9. The van der Waals surface area contributed by atoms with Crippen molar-refractivity contribution in [2.24, 2.45) is 5.92 Å². The molecule has 2 rings (SSSR count). The monoisotopic (exact) mass is 392 g/mol. The molecular formula is C22H33FN2O3. The fourth-order valence-electron chi connectivity index (χ4n) is 3.85. The number of amides is 1. The number of hydrogen-bond acceptors (Lipinski definition) is 4. The molecule has 1 fully saturated rings. The normalized spacial score (nSPS) is 16.0. The quantitative estimate of drug-likeness (QED) is 0.603. The van der Waals surface area contributed by atoms with Crippen molar-refractivity contribution in [2.75, 3.05) is 26.7 Å². The number of methoxy groups -OCH3 is 1. The average Bonchev–Trinajstić information content (AvgIpc) is 2.72. The number of hydrogen-bond donors (Lipinski definition) is 0. The van der Waals surface area contributed by atoms with Gasteiger partial charge in [0.2, 0.25) is 5.91 Å². The summed E-state index contributed by atoms with van der Waals surface area (Å²) in [6.07, 6.45) is 5.51. The first kappa shape index (κ1) is 22.3. The van der Waals surface area contributed by atoms with Gasteiger partial charge in [-0.15, -0.1) is 0 Å². The second-order valence-electron chi connectivity index (χ2n) is 7.69. The highest BCUT2D eigenvalue weighted by molar-refractivity contribution is 5.79. The molecule has 0 aromatic heterocycles. The number of nitrogens with zero attached hydrogens (tertiary/aromatic N) is 2. The summed E-state index contributed by atoms with van der Waals surface area (Å²) in [5, 5.41) is 0. The molecule has 0 aliphatic heterocycles. The van der Waals surface area contributed by atoms with E-state index < -0.39 is 0 Å². The molecular weight excluding hydrogens is 359 g/mol. The van der Waals surface area contributed by atoms with Crippen molar-refractivity contribution in [1.82, 2.24) is 9.80 Å². The zero-order valence-electron chi connectivity index (χ0n) is 17.3. The van der Waals surface area contributed by atoms with Gasteiger partial charge in [0.25, 0.3) is 0 Å². The molecule has 1 amide bonds. The molecule has 0 N–H and O–H groups in total. The molecule has 1 atom stereocenters. The van der Waals surface area contributed by atoms with Gasteiger partial charge in [0.15, 0.2) is 0 Å². The predicted octanol–water partition coefficient (Wildman–Crippen LogP) is 3.62. The van der Waals surface area contributed by atoms with E-state index in [-0.39, 0.29) is 36.2 Å². The van der Waals surface area contributed by atoms with E-state index in [0.29, 0.717) is 19.6 Å². The molecule has 0 heterocycles. The molecule has 0 spiro atoms. The Morgan fingerprint density at radius 1 is 1.18 bits per heavy atom. The first-order chi connectivity index (χ1) is 13.4. The van der Waals surface area contributed by atoms with Crippen LogP contribution in [0.5, 0.6) is 0 Å². The SMILES string of the molecule is CCN(CC(=O)N(Cc1ccc(F)cc1)C1CCCCC1)CC(C)C(=O)OC. The molecule has 6 heteroatoms. The Balaban J connectivity index is 2.08. The van der Waals surface area contributed by atoms with Gasteiger partial charge >= 0.3 is 5.97 Å². The van der Waals surface area contributed by atoms with Gasteiger partial charge < -0.3 is 9.64 Å². The zero-order chi connectivity index (χ0) is 20.5. The summed E-state index contributed by atoms with van der Waals surface area (Å²) in [7, 11) is 1.38. The molecule has 28 heavy (non-hydrogen) atoms. The summed E-state index contributed by atoms with van der Waals surface area (Å²) < 4.78 is 18.0. The second kappa shape index (κ2) is 11.1. The van der Waals surface area contributed by atoms with E-state index in [0.717, 1.165) is 31.2 Å². The van der Waals surface area contributed by atoms with Crippen LogP contribution in [0.1, 0.15) is 51.5 Å². The van der Waals surface area contributed by atoms with E-state index in [1.54, 1.807) is 12.1 Å². The maximum Gasteiger partial charge on any atom is 0.309 e. The number of carbonyl (C=O) groups is 2. The fraction of sp³-hybridized carbons (Fsp3) is 0.636. The number of carbonyl (C=O) groups excluding carboxylic acids is 2. The summed E-state index contributed by atoms with van der Waals surface area (Å²) in [6.45, 7) is 5.74. The van der Waals surface area contributed by atoms with Crippen LogP contribution in [0.4, 0.5) is 4.39 Å². The lowest BCUT2D eigenvalue weighted by Gasteiger charge is -2.36. The van der Waals surface area contributed by atoms with Gasteiger partial charge in [-0.2, -0.15) is 0 Å². The number of halogens is 1. The van der Waals surface area contributed by atoms with Gasteiger partial charge in [-0.25, -0.2) is 4.39 Å². The molecule has 1 aromatic rings. The third-order valence-corrected chi connectivity index (χ3v) is 5.54. The molecule has 0 radical (unpaired) electrons. The second-order valence-corrected chi connectivity index (χ2v) is 7.69. The van der Waals surface area contributed by atoms with Crippen LogP contribution < -0.4 is 0 Å². The van der Waals surface area contributed by atoms with Crippen molar-refractivity contribution in [3.05, 3.63) is 35.6 Å². The summed E-state index contributed by atoms with van der Waals surface area (Å²) in [5.41, 5.74) is 0.936. The molecule has 1 aliphatic rings. The molecule has 1 saturated carbocycles. The van der Waals surface area contributed by atoms with Crippen molar-refractivity contribution >= 4 is 11.9 Å². The Bertz CT molecular complexity index is 629. The number of esters is 1. The number of likely N-dealkylation sites (N-methyl/N-ethyl adjacent to an activating group) is 1. The van der Waals surface area contributed by atoms with Gasteiger partial charge in [0.1, 0.15) is 5.82 Å². The highest BCUT2D eigenvalue weighted by Crippen LogP contribution is 2.24. The van der Waals surface area contributed by atoms with Crippen LogP contribution in [0.15, 0.2) is 24.3 Å². The van der Waals surface area contributed by atoms with Crippen molar-refractivity contribution in [3.63, 3.8) is 0 Å². The number of ether oxygens (including phenoxy) is 1. The molecule has 1 unspecified atom stereocenters. The predicted molar refractivity (Wildman–Crippen MR) is 107 cm³/mol. The lowest BCUT2D eigenvalue weighted by molar-refractivity contribution is -0.146. The lowest BCUT2D eigenvalue weighted by Crippen LogP contribution is -2.47. The Hall–Kier alpha value is -1.95. The average molecular weight is 393 g/mol. The molecule has 0 saturated heterocycles. The summed E-state index contributed by atoms with van der Waals surface area (Å²) >= 11 is 0. The van der Waals surface area contributed by atoms with Crippen LogP contribution >= 0.6 is 0 Å². The van der Waals surface area contributed by atoms with E-state index in [2.05, 4.69) is 0 Å². The van der Waals surface area contributed by atoms with Crippen LogP contribution in [0.3, 0.4) is 0 Å². The number of rotatable bonds is 9. The third kappa shape index (κ3) is 6.59. The Kier molecular flexibility index (Phi) is 8.90. The Labute approximate surface area is 167 Å². The lowest BCUT2D eigenvalue weighted by atomic mass is 9.93. The van der Waals surface area contributed by atoms with Crippen LogP contribution in [-0.2, 0) is 20.9 Å². The first-order valence-corrected chi connectivity index (χ1v) is 10.3. The van der Waals surface area contributed by atoms with Gasteiger partial charge in [0, 0.05) is 19.1 Å². The molecule has 5 nitrogen and oxygen atoms in total. The largest absolute Gasteiger partial charge is 0.469 e. The van der Waals surface area contributed by atoms with Crippen LogP contribution in [-0.4, -0.2) is 54.5 Å². The smallest absolute Gasteiger partial charge is 0.309 e. The van der Waals surface area contributed by atoms with Crippen molar-refractivity contribution in [3.8, 4) is 0 Å². The topological polar surface area (TPSA) is 49.9 Å². The summed E-state index contributed by atoms with van der Waals surface area (Å²) in [6, 6.07) is 6.60. The Morgan fingerprint density at radius 3 is 2.39 bits per heavy atom. The Morgan fingerprint density at radius 2 is 1.82 bits per heavy atom. The first-order valence-electron chi connectivity index (χ1n) is 10.3. The molecule has 1 aromatic carbocycles. The fourth-order valence-corrected chi connectivity index (χ4v) is 3.85. The van der Waals surface area contributed by atoms with E-state index >= 15 is 0 Å². The minimum absolute atomic E-state index is 0.0649. The zero-order valence-corrected chi connectivity index (χ0v) is 17.3.